The van der Waals surface area contributed by atoms with Crippen LogP contribution in [0.4, 0.5) is 0 Å². The summed E-state index contributed by atoms with van der Waals surface area (Å²) in [6, 6.07) is 3.61. The van der Waals surface area contributed by atoms with Crippen molar-refractivity contribution in [3.63, 3.8) is 0 Å². The lowest BCUT2D eigenvalue weighted by atomic mass is 10.1. The number of halogens is 1. The van der Waals surface area contributed by atoms with Crippen LogP contribution < -0.4 is 9.47 Å². The molecule has 2 rings (SSSR count). The van der Waals surface area contributed by atoms with E-state index in [0.717, 1.165) is 11.1 Å². The van der Waals surface area contributed by atoms with Gasteiger partial charge in [-0.05, 0) is 17.7 Å². The Bertz CT molecular complexity index is 415. The van der Waals surface area contributed by atoms with Crippen molar-refractivity contribution in [1.29, 1.82) is 0 Å². The number of carbonyl (C=O) groups is 1. The highest BCUT2D eigenvalue weighted by molar-refractivity contribution is 9.09. The Morgan fingerprint density at radius 2 is 1.87 bits per heavy atom. The molecule has 0 saturated heterocycles. The summed E-state index contributed by atoms with van der Waals surface area (Å²) in [7, 11) is 3.15. The van der Waals surface area contributed by atoms with E-state index in [1.54, 1.807) is 20.3 Å². The molecule has 1 aromatic carbocycles. The van der Waals surface area contributed by atoms with E-state index in [9.17, 15) is 4.79 Å². The van der Waals surface area contributed by atoms with E-state index in [1.807, 2.05) is 6.07 Å². The number of alkyl halides is 1. The minimum atomic E-state index is 0.0970. The number of rotatable bonds is 2. The van der Waals surface area contributed by atoms with Gasteiger partial charge >= 0.3 is 0 Å². The van der Waals surface area contributed by atoms with Gasteiger partial charge in [-0.3, -0.25) is 4.79 Å². The van der Waals surface area contributed by atoms with E-state index >= 15 is 0 Å². The fourth-order valence-electron chi connectivity index (χ4n) is 1.78. The van der Waals surface area contributed by atoms with Crippen LogP contribution in [0, 0.1) is 0 Å². The number of ketones is 1. The molecule has 0 fully saturated rings. The van der Waals surface area contributed by atoms with Crippen molar-refractivity contribution < 1.29 is 14.3 Å². The molecule has 1 aromatic rings. The Kier molecular flexibility index (Phi) is 2.69. The van der Waals surface area contributed by atoms with Crippen LogP contribution in [0.25, 0.3) is 0 Å². The van der Waals surface area contributed by atoms with Gasteiger partial charge in [-0.25, -0.2) is 0 Å². The van der Waals surface area contributed by atoms with E-state index in [-0.39, 0.29) is 10.6 Å². The number of benzene rings is 1. The van der Waals surface area contributed by atoms with Crippen LogP contribution in [0.1, 0.15) is 27.2 Å². The van der Waals surface area contributed by atoms with Crippen molar-refractivity contribution in [1.82, 2.24) is 0 Å². The third kappa shape index (κ3) is 1.63. The predicted molar refractivity (Wildman–Crippen MR) is 60.2 cm³/mol. The van der Waals surface area contributed by atoms with Crippen molar-refractivity contribution in [3.05, 3.63) is 23.3 Å². The third-order valence-corrected chi connectivity index (χ3v) is 3.38. The maximum Gasteiger partial charge on any atom is 0.164 e. The van der Waals surface area contributed by atoms with Crippen molar-refractivity contribution in [2.24, 2.45) is 0 Å². The Labute approximate surface area is 96.5 Å². The molecule has 0 N–H and O–H groups in total. The smallest absolute Gasteiger partial charge is 0.164 e. The fourth-order valence-corrected chi connectivity index (χ4v) is 2.45. The standard InChI is InChI=1S/C11H11BrO3/c1-14-10-3-6-7(4-11(10)15-2)9(13)5-8(6)12/h3-4,8H,5H2,1-2H3. The average Bonchev–Trinajstić information content (AvgIpc) is 2.52. The molecule has 0 aliphatic heterocycles. The van der Waals surface area contributed by atoms with E-state index in [0.29, 0.717) is 17.9 Å². The quantitative estimate of drug-likeness (QED) is 0.776. The summed E-state index contributed by atoms with van der Waals surface area (Å²) in [5.74, 6) is 1.41. The van der Waals surface area contributed by atoms with E-state index in [1.165, 1.54) is 0 Å². The van der Waals surface area contributed by atoms with Gasteiger partial charge in [0, 0.05) is 16.8 Å². The summed E-state index contributed by atoms with van der Waals surface area (Å²) in [5, 5.41) is 0. The Morgan fingerprint density at radius 3 is 2.47 bits per heavy atom. The largest absolute Gasteiger partial charge is 0.493 e. The van der Waals surface area contributed by atoms with E-state index < -0.39 is 0 Å². The highest BCUT2D eigenvalue weighted by Gasteiger charge is 2.29. The zero-order valence-corrected chi connectivity index (χ0v) is 10.1. The minimum Gasteiger partial charge on any atom is -0.493 e. The second kappa shape index (κ2) is 3.85. The molecule has 0 amide bonds. The van der Waals surface area contributed by atoms with E-state index in [2.05, 4.69) is 15.9 Å². The first-order chi connectivity index (χ1) is 7.17. The highest BCUT2D eigenvalue weighted by atomic mass is 79.9. The zero-order valence-electron chi connectivity index (χ0n) is 8.54. The van der Waals surface area contributed by atoms with Crippen molar-refractivity contribution in [2.75, 3.05) is 14.2 Å². The van der Waals surface area contributed by atoms with Crippen molar-refractivity contribution >= 4 is 21.7 Å². The van der Waals surface area contributed by atoms with Crippen LogP contribution in [0.2, 0.25) is 0 Å². The summed E-state index contributed by atoms with van der Waals surface area (Å²) in [5.41, 5.74) is 1.71. The Morgan fingerprint density at radius 1 is 1.27 bits per heavy atom. The number of ether oxygens (including phenoxy) is 2. The Hall–Kier alpha value is -1.03. The number of Topliss-reactive ketones (excluding diaryl/α,β-unsaturated/α-hetero) is 1. The molecular weight excluding hydrogens is 260 g/mol. The number of fused-ring (bicyclic) bond motifs is 1. The van der Waals surface area contributed by atoms with Crippen LogP contribution in [-0.4, -0.2) is 20.0 Å². The van der Waals surface area contributed by atoms with Gasteiger partial charge in [-0.15, -0.1) is 0 Å². The first-order valence-electron chi connectivity index (χ1n) is 4.60. The number of methoxy groups -OCH3 is 2. The normalized spacial score (nSPS) is 18.9. The second-order valence-corrected chi connectivity index (χ2v) is 4.49. The molecule has 1 aliphatic carbocycles. The van der Waals surface area contributed by atoms with Gasteiger partial charge < -0.3 is 9.47 Å². The van der Waals surface area contributed by atoms with Crippen LogP contribution in [0.15, 0.2) is 12.1 Å². The molecule has 1 aliphatic rings. The molecule has 3 nitrogen and oxygen atoms in total. The first-order valence-corrected chi connectivity index (χ1v) is 5.52. The van der Waals surface area contributed by atoms with Crippen LogP contribution in [0.5, 0.6) is 11.5 Å². The number of hydrogen-bond donors (Lipinski definition) is 0. The molecule has 0 saturated carbocycles. The summed E-state index contributed by atoms with van der Waals surface area (Å²) >= 11 is 3.47. The molecule has 0 spiro atoms. The van der Waals surface area contributed by atoms with E-state index in [4.69, 9.17) is 9.47 Å². The maximum absolute atomic E-state index is 11.6. The van der Waals surface area contributed by atoms with Gasteiger partial charge in [0.15, 0.2) is 17.3 Å². The van der Waals surface area contributed by atoms with Gasteiger partial charge in [0.25, 0.3) is 0 Å². The summed E-state index contributed by atoms with van der Waals surface area (Å²) in [4.78, 5) is 11.7. The maximum atomic E-state index is 11.6. The lowest BCUT2D eigenvalue weighted by Gasteiger charge is -2.10. The number of carbonyl (C=O) groups excluding carboxylic acids is 1. The fraction of sp³-hybridized carbons (Fsp3) is 0.364. The van der Waals surface area contributed by atoms with Crippen molar-refractivity contribution in [3.8, 4) is 11.5 Å². The molecule has 1 unspecified atom stereocenters. The molecule has 15 heavy (non-hydrogen) atoms. The van der Waals surface area contributed by atoms with Gasteiger partial charge in [0.1, 0.15) is 0 Å². The molecule has 0 heterocycles. The molecule has 80 valence electrons. The van der Waals surface area contributed by atoms with Gasteiger partial charge in [-0.1, -0.05) is 15.9 Å². The van der Waals surface area contributed by atoms with Crippen molar-refractivity contribution in [2.45, 2.75) is 11.2 Å². The number of hydrogen-bond acceptors (Lipinski definition) is 3. The van der Waals surface area contributed by atoms with Gasteiger partial charge in [0.05, 0.1) is 14.2 Å². The van der Waals surface area contributed by atoms with Crippen LogP contribution in [-0.2, 0) is 0 Å². The first kappa shape index (κ1) is 10.5. The average molecular weight is 271 g/mol. The second-order valence-electron chi connectivity index (χ2n) is 3.39. The molecule has 0 aromatic heterocycles. The molecule has 0 bridgehead atoms. The van der Waals surface area contributed by atoms with Crippen LogP contribution >= 0.6 is 15.9 Å². The highest BCUT2D eigenvalue weighted by Crippen LogP contribution is 2.42. The van der Waals surface area contributed by atoms with Crippen LogP contribution in [0.3, 0.4) is 0 Å². The topological polar surface area (TPSA) is 35.5 Å². The molecule has 1 atom stereocenters. The predicted octanol–water partition coefficient (Wildman–Crippen LogP) is 2.73. The monoisotopic (exact) mass is 270 g/mol. The molecule has 4 heteroatoms. The summed E-state index contributed by atoms with van der Waals surface area (Å²) in [6.07, 6.45) is 0.506. The van der Waals surface area contributed by atoms with Gasteiger partial charge in [-0.2, -0.15) is 0 Å². The van der Waals surface area contributed by atoms with Gasteiger partial charge in [0.2, 0.25) is 0 Å². The molecule has 0 radical (unpaired) electrons. The summed E-state index contributed by atoms with van der Waals surface area (Å²) < 4.78 is 10.3. The molecular formula is C11H11BrO3. The zero-order chi connectivity index (χ0) is 11.0. The Balaban J connectivity index is 2.58. The summed E-state index contributed by atoms with van der Waals surface area (Å²) in [6.45, 7) is 0. The minimum absolute atomic E-state index is 0.0970. The third-order valence-electron chi connectivity index (χ3n) is 2.56. The SMILES string of the molecule is COc1cc2c(cc1OC)C(Br)CC2=O. The lowest BCUT2D eigenvalue weighted by molar-refractivity contribution is 0.0994. The lowest BCUT2D eigenvalue weighted by Crippen LogP contribution is -1.96.